The van der Waals surface area contributed by atoms with Gasteiger partial charge in [0.1, 0.15) is 0 Å². The number of fused-ring (bicyclic) bond motifs is 1. The van der Waals surface area contributed by atoms with Crippen molar-refractivity contribution in [2.75, 3.05) is 26.2 Å². The molecule has 4 rings (SSSR count). The highest BCUT2D eigenvalue weighted by Gasteiger charge is 2.44. The van der Waals surface area contributed by atoms with E-state index in [1.807, 2.05) is 9.80 Å². The largest absolute Gasteiger partial charge is 0.336 e. The Morgan fingerprint density at radius 2 is 1.44 bits per heavy atom. The summed E-state index contributed by atoms with van der Waals surface area (Å²) in [4.78, 5) is 32.0. The topological polar surface area (TPSA) is 43.9 Å². The summed E-state index contributed by atoms with van der Waals surface area (Å²) in [6, 6.07) is 1.11. The van der Waals surface area contributed by atoms with Crippen LogP contribution in [0.2, 0.25) is 0 Å². The van der Waals surface area contributed by atoms with Crippen molar-refractivity contribution in [3.05, 3.63) is 0 Å². The second-order valence-corrected chi connectivity index (χ2v) is 8.68. The van der Waals surface area contributed by atoms with Crippen molar-refractivity contribution in [1.29, 1.82) is 0 Å². The average molecular weight is 348 g/mol. The monoisotopic (exact) mass is 347 g/mol. The molecule has 3 amide bonds. The quantitative estimate of drug-likeness (QED) is 0.731. The number of hydrogen-bond acceptors (Lipinski definition) is 2. The molecule has 3 saturated heterocycles. The Bertz CT molecular complexity index is 509. The van der Waals surface area contributed by atoms with Gasteiger partial charge in [-0.15, -0.1) is 0 Å². The summed E-state index contributed by atoms with van der Waals surface area (Å²) >= 11 is 0. The number of carbonyl (C=O) groups is 2. The van der Waals surface area contributed by atoms with E-state index in [2.05, 4.69) is 11.8 Å². The molecular formula is C20H33N3O2. The molecule has 3 atom stereocenters. The van der Waals surface area contributed by atoms with E-state index in [-0.39, 0.29) is 11.9 Å². The van der Waals surface area contributed by atoms with Crippen LogP contribution in [-0.4, -0.2) is 64.9 Å². The Morgan fingerprint density at radius 3 is 2.16 bits per heavy atom. The molecule has 0 aromatic carbocycles. The highest BCUT2D eigenvalue weighted by atomic mass is 16.2. The van der Waals surface area contributed by atoms with Gasteiger partial charge < -0.3 is 14.7 Å². The smallest absolute Gasteiger partial charge is 0.319 e. The van der Waals surface area contributed by atoms with Crippen LogP contribution in [0, 0.1) is 11.8 Å². The highest BCUT2D eigenvalue weighted by molar-refractivity contribution is 5.81. The third kappa shape index (κ3) is 3.26. The minimum atomic E-state index is 0.130. The van der Waals surface area contributed by atoms with Gasteiger partial charge in [0.25, 0.3) is 0 Å². The van der Waals surface area contributed by atoms with Crippen molar-refractivity contribution in [2.45, 2.75) is 76.8 Å². The average Bonchev–Trinajstić information content (AvgIpc) is 3.27. The first kappa shape index (κ1) is 17.2. The van der Waals surface area contributed by atoms with Crippen LogP contribution < -0.4 is 0 Å². The Labute approximate surface area is 151 Å². The number of urea groups is 1. The normalized spacial score (nSPS) is 33.6. The number of nitrogens with zero attached hydrogens (tertiary/aromatic N) is 3. The SMILES string of the molecule is C[C@@H]1C[C@H]2CCCC[C@H]2N1C(=O)C1CCN(C(=O)N2CCCC2)CC1. The van der Waals surface area contributed by atoms with Crippen molar-refractivity contribution in [1.82, 2.24) is 14.7 Å². The first-order chi connectivity index (χ1) is 12.1. The molecule has 1 aliphatic carbocycles. The number of piperidine rings is 1. The summed E-state index contributed by atoms with van der Waals surface area (Å²) in [5.74, 6) is 1.26. The maximum atomic E-state index is 13.2. The van der Waals surface area contributed by atoms with E-state index in [9.17, 15) is 9.59 Å². The van der Waals surface area contributed by atoms with Crippen LogP contribution in [0.3, 0.4) is 0 Å². The lowest BCUT2D eigenvalue weighted by molar-refractivity contribution is -0.140. The molecule has 0 unspecified atom stereocenters. The molecule has 0 aromatic heterocycles. The molecule has 5 heteroatoms. The fourth-order valence-electron chi connectivity index (χ4n) is 5.73. The van der Waals surface area contributed by atoms with Crippen LogP contribution in [0.15, 0.2) is 0 Å². The third-order valence-electron chi connectivity index (χ3n) is 7.09. The van der Waals surface area contributed by atoms with Crippen LogP contribution in [-0.2, 0) is 4.79 Å². The summed E-state index contributed by atoms with van der Waals surface area (Å²) in [6.07, 6.45) is 10.3. The lowest BCUT2D eigenvalue weighted by atomic mass is 9.84. The van der Waals surface area contributed by atoms with Crippen molar-refractivity contribution in [3.8, 4) is 0 Å². The summed E-state index contributed by atoms with van der Waals surface area (Å²) < 4.78 is 0. The second kappa shape index (κ2) is 7.16. The molecule has 5 nitrogen and oxygen atoms in total. The molecule has 3 aliphatic heterocycles. The summed E-state index contributed by atoms with van der Waals surface area (Å²) in [5, 5.41) is 0. The van der Waals surface area contributed by atoms with Crippen LogP contribution in [0.4, 0.5) is 4.79 Å². The Balaban J connectivity index is 1.34. The van der Waals surface area contributed by atoms with Crippen molar-refractivity contribution < 1.29 is 9.59 Å². The standard InChI is InChI=1S/C20H33N3O2/c1-15-14-17-6-2-3-7-18(17)23(15)19(24)16-8-12-22(13-9-16)20(25)21-10-4-5-11-21/h15-18H,2-14H2,1H3/t15-,17-,18-/m1/s1. The zero-order valence-electron chi connectivity index (χ0n) is 15.7. The van der Waals surface area contributed by atoms with E-state index in [1.165, 1.54) is 32.1 Å². The molecular weight excluding hydrogens is 314 g/mol. The van der Waals surface area contributed by atoms with Gasteiger partial charge in [0, 0.05) is 44.2 Å². The van der Waals surface area contributed by atoms with Gasteiger partial charge in [-0.2, -0.15) is 0 Å². The molecule has 0 radical (unpaired) electrons. The van der Waals surface area contributed by atoms with E-state index in [1.54, 1.807) is 0 Å². The van der Waals surface area contributed by atoms with Crippen LogP contribution in [0.1, 0.15) is 64.7 Å². The molecule has 4 aliphatic rings. The van der Waals surface area contributed by atoms with Gasteiger partial charge in [0.15, 0.2) is 0 Å². The van der Waals surface area contributed by atoms with Crippen molar-refractivity contribution in [3.63, 3.8) is 0 Å². The molecule has 0 spiro atoms. The number of carbonyl (C=O) groups excluding carboxylic acids is 2. The third-order valence-corrected chi connectivity index (χ3v) is 7.09. The van der Waals surface area contributed by atoms with E-state index in [0.29, 0.717) is 18.0 Å². The molecule has 3 heterocycles. The van der Waals surface area contributed by atoms with E-state index in [4.69, 9.17) is 0 Å². The number of hydrogen-bond donors (Lipinski definition) is 0. The van der Waals surface area contributed by atoms with Gasteiger partial charge in [-0.3, -0.25) is 4.79 Å². The Kier molecular flexibility index (Phi) is 4.92. The maximum Gasteiger partial charge on any atom is 0.319 e. The van der Waals surface area contributed by atoms with Crippen LogP contribution in [0.25, 0.3) is 0 Å². The van der Waals surface area contributed by atoms with Crippen LogP contribution in [0.5, 0.6) is 0 Å². The van der Waals surface area contributed by atoms with Gasteiger partial charge in [0.05, 0.1) is 0 Å². The molecule has 0 bridgehead atoms. The molecule has 25 heavy (non-hydrogen) atoms. The first-order valence-corrected chi connectivity index (χ1v) is 10.5. The minimum absolute atomic E-state index is 0.130. The summed E-state index contributed by atoms with van der Waals surface area (Å²) in [7, 11) is 0. The second-order valence-electron chi connectivity index (χ2n) is 8.68. The minimum Gasteiger partial charge on any atom is -0.336 e. The molecule has 0 aromatic rings. The van der Waals surface area contributed by atoms with Gasteiger partial charge in [-0.25, -0.2) is 4.79 Å². The fourth-order valence-corrected chi connectivity index (χ4v) is 5.73. The first-order valence-electron chi connectivity index (χ1n) is 10.5. The molecule has 1 saturated carbocycles. The van der Waals surface area contributed by atoms with Crippen LogP contribution >= 0.6 is 0 Å². The highest BCUT2D eigenvalue weighted by Crippen LogP contribution is 2.41. The fraction of sp³-hybridized carbons (Fsp3) is 0.900. The van der Waals surface area contributed by atoms with Crippen molar-refractivity contribution >= 4 is 11.9 Å². The zero-order chi connectivity index (χ0) is 17.4. The Hall–Kier alpha value is -1.26. The lowest BCUT2D eigenvalue weighted by Gasteiger charge is -2.39. The van der Waals surface area contributed by atoms with Gasteiger partial charge >= 0.3 is 6.03 Å². The van der Waals surface area contributed by atoms with Gasteiger partial charge in [-0.1, -0.05) is 12.8 Å². The molecule has 140 valence electrons. The van der Waals surface area contributed by atoms with E-state index < -0.39 is 0 Å². The van der Waals surface area contributed by atoms with Gasteiger partial charge in [0.2, 0.25) is 5.91 Å². The molecule has 0 N–H and O–H groups in total. The van der Waals surface area contributed by atoms with Crippen molar-refractivity contribution in [2.24, 2.45) is 11.8 Å². The Morgan fingerprint density at radius 1 is 0.800 bits per heavy atom. The number of amides is 3. The zero-order valence-corrected chi connectivity index (χ0v) is 15.7. The van der Waals surface area contributed by atoms with Gasteiger partial charge in [-0.05, 0) is 57.8 Å². The predicted molar refractivity (Wildman–Crippen MR) is 97.2 cm³/mol. The van der Waals surface area contributed by atoms with E-state index in [0.717, 1.165) is 57.8 Å². The molecule has 4 fully saturated rings. The summed E-state index contributed by atoms with van der Waals surface area (Å²) in [5.41, 5.74) is 0. The maximum absolute atomic E-state index is 13.2. The predicted octanol–water partition coefficient (Wildman–Crippen LogP) is 3.09. The van der Waals surface area contributed by atoms with E-state index >= 15 is 0 Å². The lowest BCUT2D eigenvalue weighted by Crippen LogP contribution is -2.50. The number of rotatable bonds is 1. The number of likely N-dealkylation sites (tertiary alicyclic amines) is 3. The summed E-state index contributed by atoms with van der Waals surface area (Å²) in [6.45, 7) is 5.56.